The minimum atomic E-state index is -3.64. The highest BCUT2D eigenvalue weighted by Gasteiger charge is 2.39. The molecule has 1 saturated heterocycles. The Labute approximate surface area is 125 Å². The summed E-state index contributed by atoms with van der Waals surface area (Å²) >= 11 is 0. The molecule has 0 saturated carbocycles. The van der Waals surface area contributed by atoms with Crippen molar-refractivity contribution in [2.45, 2.75) is 24.3 Å². The van der Waals surface area contributed by atoms with Gasteiger partial charge in [-0.25, -0.2) is 8.42 Å². The molecular weight excluding hydrogens is 290 g/mol. The average molecular weight is 309 g/mol. The number of aliphatic hydroxyl groups is 2. The Kier molecular flexibility index (Phi) is 5.01. The van der Waals surface area contributed by atoms with E-state index in [1.54, 1.807) is 12.1 Å². The molecule has 0 aromatic heterocycles. The number of nitrogens with zero attached hydrogens (tertiary/aromatic N) is 1. The number of aliphatic hydroxyl groups excluding tert-OH is 2. The standard InChI is InChI=1S/C15H19NO4S/c1-12-7-8-16(15(12)11-18)21(19,20)14-6-2-4-13(10-14)5-3-9-17/h2,4,6,10,12,15,17-18H,7-9,11H2,1H3. The Morgan fingerprint density at radius 1 is 1.38 bits per heavy atom. The van der Waals surface area contributed by atoms with Crippen molar-refractivity contribution in [2.75, 3.05) is 19.8 Å². The van der Waals surface area contributed by atoms with Crippen LogP contribution >= 0.6 is 0 Å². The predicted molar refractivity (Wildman–Crippen MR) is 79.0 cm³/mol. The molecule has 0 amide bonds. The highest BCUT2D eigenvalue weighted by molar-refractivity contribution is 7.89. The van der Waals surface area contributed by atoms with Gasteiger partial charge >= 0.3 is 0 Å². The molecule has 2 rings (SSSR count). The summed E-state index contributed by atoms with van der Waals surface area (Å²) in [6.07, 6.45) is 0.745. The fourth-order valence-corrected chi connectivity index (χ4v) is 4.33. The average Bonchev–Trinajstić information content (AvgIpc) is 2.87. The second-order valence-electron chi connectivity index (χ2n) is 5.12. The smallest absolute Gasteiger partial charge is 0.243 e. The molecular formula is C15H19NO4S. The van der Waals surface area contributed by atoms with Crippen molar-refractivity contribution in [1.82, 2.24) is 4.31 Å². The molecule has 1 heterocycles. The predicted octanol–water partition coefficient (Wildman–Crippen LogP) is 0.422. The van der Waals surface area contributed by atoms with Gasteiger partial charge in [-0.3, -0.25) is 0 Å². The summed E-state index contributed by atoms with van der Waals surface area (Å²) in [6.45, 7) is 1.92. The van der Waals surface area contributed by atoms with Crippen molar-refractivity contribution in [3.05, 3.63) is 29.8 Å². The van der Waals surface area contributed by atoms with Crippen molar-refractivity contribution >= 4 is 10.0 Å². The first-order valence-electron chi connectivity index (χ1n) is 6.83. The van der Waals surface area contributed by atoms with Crippen molar-refractivity contribution in [3.63, 3.8) is 0 Å². The van der Waals surface area contributed by atoms with Crippen molar-refractivity contribution < 1.29 is 18.6 Å². The van der Waals surface area contributed by atoms with Crippen LogP contribution < -0.4 is 0 Å². The Hall–Kier alpha value is -1.39. The lowest BCUT2D eigenvalue weighted by Gasteiger charge is -2.24. The Morgan fingerprint density at radius 3 is 2.81 bits per heavy atom. The molecule has 0 radical (unpaired) electrons. The van der Waals surface area contributed by atoms with Crippen LogP contribution in [0.4, 0.5) is 0 Å². The molecule has 2 N–H and O–H groups in total. The van der Waals surface area contributed by atoms with Crippen LogP contribution in [0.5, 0.6) is 0 Å². The molecule has 1 fully saturated rings. The maximum Gasteiger partial charge on any atom is 0.243 e. The third-order valence-electron chi connectivity index (χ3n) is 3.77. The van der Waals surface area contributed by atoms with Gasteiger partial charge in [0, 0.05) is 12.1 Å². The second-order valence-corrected chi connectivity index (χ2v) is 7.01. The Balaban J connectivity index is 2.36. The third kappa shape index (κ3) is 3.27. The van der Waals surface area contributed by atoms with Gasteiger partial charge in [-0.15, -0.1) is 0 Å². The number of rotatable bonds is 3. The van der Waals surface area contributed by atoms with Crippen molar-refractivity contribution in [3.8, 4) is 11.8 Å². The molecule has 0 bridgehead atoms. The lowest BCUT2D eigenvalue weighted by atomic mass is 10.0. The normalized spacial score (nSPS) is 22.8. The maximum absolute atomic E-state index is 12.7. The van der Waals surface area contributed by atoms with Crippen LogP contribution in [0.15, 0.2) is 29.2 Å². The number of hydrogen-bond donors (Lipinski definition) is 2. The minimum Gasteiger partial charge on any atom is -0.395 e. The quantitative estimate of drug-likeness (QED) is 0.793. The fraction of sp³-hybridized carbons (Fsp3) is 0.467. The van der Waals surface area contributed by atoms with E-state index >= 15 is 0 Å². The summed E-state index contributed by atoms with van der Waals surface area (Å²) in [4.78, 5) is 0.166. The molecule has 114 valence electrons. The molecule has 5 nitrogen and oxygen atoms in total. The lowest BCUT2D eigenvalue weighted by molar-refractivity contribution is 0.191. The highest BCUT2D eigenvalue weighted by atomic mass is 32.2. The number of sulfonamides is 1. The second kappa shape index (κ2) is 6.58. The summed E-state index contributed by atoms with van der Waals surface area (Å²) < 4.78 is 26.8. The van der Waals surface area contributed by atoms with E-state index in [-0.39, 0.29) is 30.1 Å². The zero-order chi connectivity index (χ0) is 15.5. The van der Waals surface area contributed by atoms with Crippen LogP contribution in [-0.2, 0) is 10.0 Å². The zero-order valence-corrected chi connectivity index (χ0v) is 12.7. The van der Waals surface area contributed by atoms with Crippen LogP contribution in [0, 0.1) is 17.8 Å². The fourth-order valence-electron chi connectivity index (χ4n) is 2.55. The first kappa shape index (κ1) is 16.0. The van der Waals surface area contributed by atoms with E-state index < -0.39 is 10.0 Å². The van der Waals surface area contributed by atoms with Gasteiger partial charge in [-0.05, 0) is 30.5 Å². The van der Waals surface area contributed by atoms with Gasteiger partial charge in [0.2, 0.25) is 10.0 Å². The molecule has 1 aromatic rings. The van der Waals surface area contributed by atoms with E-state index in [0.717, 1.165) is 6.42 Å². The van der Waals surface area contributed by atoms with E-state index in [1.807, 2.05) is 6.92 Å². The summed E-state index contributed by atoms with van der Waals surface area (Å²) in [6, 6.07) is 5.97. The zero-order valence-electron chi connectivity index (χ0n) is 11.9. The molecule has 6 heteroatoms. The van der Waals surface area contributed by atoms with Crippen LogP contribution in [0.2, 0.25) is 0 Å². The van der Waals surface area contributed by atoms with E-state index in [9.17, 15) is 13.5 Å². The van der Waals surface area contributed by atoms with Gasteiger partial charge in [-0.2, -0.15) is 4.31 Å². The SMILES string of the molecule is CC1CCN(S(=O)(=O)c2cccc(C#CCO)c2)C1CO. The monoisotopic (exact) mass is 309 g/mol. The number of hydrogen-bond acceptors (Lipinski definition) is 4. The van der Waals surface area contributed by atoms with E-state index in [1.165, 1.54) is 16.4 Å². The molecule has 1 aromatic carbocycles. The maximum atomic E-state index is 12.7. The lowest BCUT2D eigenvalue weighted by Crippen LogP contribution is -2.39. The largest absolute Gasteiger partial charge is 0.395 e. The van der Waals surface area contributed by atoms with E-state index in [2.05, 4.69) is 11.8 Å². The summed E-state index contributed by atoms with van der Waals surface area (Å²) in [5, 5.41) is 18.1. The first-order valence-corrected chi connectivity index (χ1v) is 8.27. The Morgan fingerprint density at radius 2 is 2.14 bits per heavy atom. The van der Waals surface area contributed by atoms with Crippen molar-refractivity contribution in [2.24, 2.45) is 5.92 Å². The number of benzene rings is 1. The van der Waals surface area contributed by atoms with Gasteiger partial charge < -0.3 is 10.2 Å². The molecule has 1 aliphatic rings. The van der Waals surface area contributed by atoms with E-state index in [0.29, 0.717) is 12.1 Å². The van der Waals surface area contributed by atoms with Gasteiger partial charge in [0.1, 0.15) is 6.61 Å². The van der Waals surface area contributed by atoms with Crippen LogP contribution in [0.3, 0.4) is 0 Å². The molecule has 21 heavy (non-hydrogen) atoms. The molecule has 0 aliphatic carbocycles. The molecule has 2 unspecified atom stereocenters. The third-order valence-corrected chi connectivity index (χ3v) is 5.69. The molecule has 1 aliphatic heterocycles. The van der Waals surface area contributed by atoms with Crippen LogP contribution in [0.1, 0.15) is 18.9 Å². The van der Waals surface area contributed by atoms with Gasteiger partial charge in [0.05, 0.1) is 17.5 Å². The highest BCUT2D eigenvalue weighted by Crippen LogP contribution is 2.29. The first-order chi connectivity index (χ1) is 10.0. The van der Waals surface area contributed by atoms with Crippen molar-refractivity contribution in [1.29, 1.82) is 0 Å². The topological polar surface area (TPSA) is 77.8 Å². The molecule has 2 atom stereocenters. The minimum absolute atomic E-state index is 0.141. The summed E-state index contributed by atoms with van der Waals surface area (Å²) in [5.74, 6) is 5.34. The van der Waals surface area contributed by atoms with Gasteiger partial charge in [-0.1, -0.05) is 24.8 Å². The van der Waals surface area contributed by atoms with Gasteiger partial charge in [0.15, 0.2) is 0 Å². The van der Waals surface area contributed by atoms with Crippen LogP contribution in [-0.4, -0.2) is 48.7 Å². The molecule has 0 spiro atoms. The Bertz CT molecular complexity index is 660. The van der Waals surface area contributed by atoms with Gasteiger partial charge in [0.25, 0.3) is 0 Å². The van der Waals surface area contributed by atoms with Crippen LogP contribution in [0.25, 0.3) is 0 Å². The summed E-state index contributed by atoms with van der Waals surface area (Å²) in [5.41, 5.74) is 0.540. The summed E-state index contributed by atoms with van der Waals surface area (Å²) in [7, 11) is -3.64. The van der Waals surface area contributed by atoms with E-state index in [4.69, 9.17) is 5.11 Å².